The number of nitrogens with one attached hydrogen (secondary N) is 1. The second-order valence-electron chi connectivity index (χ2n) is 7.52. The topological polar surface area (TPSA) is 97.3 Å². The summed E-state index contributed by atoms with van der Waals surface area (Å²) in [5.41, 5.74) is 1.90. The minimum Gasteiger partial charge on any atom is -0.497 e. The van der Waals surface area contributed by atoms with Gasteiger partial charge in [0.1, 0.15) is 11.8 Å². The zero-order valence-electron chi connectivity index (χ0n) is 18.7. The van der Waals surface area contributed by atoms with Crippen molar-refractivity contribution in [3.8, 4) is 5.75 Å². The summed E-state index contributed by atoms with van der Waals surface area (Å²) in [6.45, 7) is 7.61. The number of rotatable bonds is 10. The lowest BCUT2D eigenvalue weighted by atomic mass is 10.0. The van der Waals surface area contributed by atoms with Crippen molar-refractivity contribution in [2.75, 3.05) is 13.7 Å². The second kappa shape index (κ2) is 11.2. The Morgan fingerprint density at radius 2 is 1.87 bits per heavy atom. The number of carbonyl (C=O) groups excluding carboxylic acids is 3. The average Bonchev–Trinajstić information content (AvgIpc) is 3.20. The van der Waals surface area contributed by atoms with Crippen LogP contribution in [0, 0.1) is 5.92 Å². The number of thioether (sulfide) groups is 1. The minimum atomic E-state index is -1.25. The smallest absolute Gasteiger partial charge is 0.345 e. The molecular formula is C22H31N3O5S. The van der Waals surface area contributed by atoms with Crippen molar-refractivity contribution >= 4 is 35.1 Å². The maximum Gasteiger partial charge on any atom is 0.345 e. The van der Waals surface area contributed by atoms with E-state index in [4.69, 9.17) is 9.47 Å². The van der Waals surface area contributed by atoms with Gasteiger partial charge >= 0.3 is 5.97 Å². The third kappa shape index (κ3) is 5.58. The summed E-state index contributed by atoms with van der Waals surface area (Å²) in [4.78, 5) is 37.9. The molecular weight excluding hydrogens is 418 g/mol. The molecule has 1 aliphatic rings. The van der Waals surface area contributed by atoms with Crippen LogP contribution < -0.4 is 10.1 Å². The monoisotopic (exact) mass is 449 g/mol. The molecule has 1 aromatic rings. The number of hydrogen-bond donors (Lipinski definition) is 1. The molecule has 0 aliphatic carbocycles. The number of benzene rings is 1. The van der Waals surface area contributed by atoms with E-state index in [9.17, 15) is 14.4 Å². The van der Waals surface area contributed by atoms with Crippen LogP contribution in [0.2, 0.25) is 0 Å². The first-order valence-corrected chi connectivity index (χ1v) is 11.3. The van der Waals surface area contributed by atoms with Gasteiger partial charge < -0.3 is 14.8 Å². The van der Waals surface area contributed by atoms with Gasteiger partial charge in [0.2, 0.25) is 4.87 Å². The first-order valence-electron chi connectivity index (χ1n) is 10.5. The molecule has 0 aromatic heterocycles. The van der Waals surface area contributed by atoms with Gasteiger partial charge in [-0.15, -0.1) is 0 Å². The Kier molecular flexibility index (Phi) is 8.91. The largest absolute Gasteiger partial charge is 0.497 e. The second-order valence-corrected chi connectivity index (χ2v) is 8.64. The maximum absolute atomic E-state index is 13.5. The van der Waals surface area contributed by atoms with Gasteiger partial charge in [0.15, 0.2) is 0 Å². The van der Waals surface area contributed by atoms with Gasteiger partial charge in [-0.3, -0.25) is 9.59 Å². The zero-order chi connectivity index (χ0) is 23.0. The van der Waals surface area contributed by atoms with Crippen molar-refractivity contribution in [1.82, 2.24) is 10.3 Å². The van der Waals surface area contributed by atoms with Crippen LogP contribution >= 0.6 is 11.8 Å². The quantitative estimate of drug-likeness (QED) is 0.550. The first kappa shape index (κ1) is 24.7. The highest BCUT2D eigenvalue weighted by Gasteiger charge is 2.52. The molecule has 8 nitrogen and oxygen atoms in total. The van der Waals surface area contributed by atoms with Crippen molar-refractivity contribution in [2.24, 2.45) is 11.0 Å². The molecule has 1 aliphatic heterocycles. The molecule has 2 amide bonds. The van der Waals surface area contributed by atoms with Gasteiger partial charge in [-0.05, 0) is 49.9 Å². The van der Waals surface area contributed by atoms with Crippen LogP contribution in [0.15, 0.2) is 29.4 Å². The number of hydrogen-bond acceptors (Lipinski definition) is 7. The maximum atomic E-state index is 13.5. The molecule has 9 heteroatoms. The van der Waals surface area contributed by atoms with Gasteiger partial charge in [-0.25, -0.2) is 9.80 Å². The molecule has 0 radical (unpaired) electrons. The van der Waals surface area contributed by atoms with Crippen molar-refractivity contribution < 1.29 is 23.9 Å². The lowest BCUT2D eigenvalue weighted by Gasteiger charge is -2.35. The summed E-state index contributed by atoms with van der Waals surface area (Å²) in [6.07, 6.45) is 1.99. The number of carbonyl (C=O) groups is 3. The van der Waals surface area contributed by atoms with Gasteiger partial charge in [-0.1, -0.05) is 39.0 Å². The van der Waals surface area contributed by atoms with Crippen molar-refractivity contribution in [3.05, 3.63) is 29.8 Å². The Morgan fingerprint density at radius 1 is 1.19 bits per heavy atom. The summed E-state index contributed by atoms with van der Waals surface area (Å²) in [5, 5.41) is 8.21. The van der Waals surface area contributed by atoms with Crippen LogP contribution in [-0.2, 0) is 14.3 Å². The lowest BCUT2D eigenvalue weighted by molar-refractivity contribution is -0.158. The fraction of sp³-hybridized carbons (Fsp3) is 0.545. The first-order chi connectivity index (χ1) is 14.8. The van der Waals surface area contributed by atoms with Gasteiger partial charge in [0.05, 0.1) is 19.3 Å². The SMILES string of the molecule is CCCCC1(C(=O)OCC)SC=NN1C(=O)C(NC(=O)c1ccc(OC)cc1)C(C)C. The summed E-state index contributed by atoms with van der Waals surface area (Å²) >= 11 is 1.18. The van der Waals surface area contributed by atoms with Crippen LogP contribution in [0.5, 0.6) is 5.75 Å². The predicted molar refractivity (Wildman–Crippen MR) is 121 cm³/mol. The number of unbranched alkanes of at least 4 members (excludes halogenated alkanes) is 1. The highest BCUT2D eigenvalue weighted by molar-refractivity contribution is 8.14. The summed E-state index contributed by atoms with van der Waals surface area (Å²) in [7, 11) is 1.55. The number of nitrogens with zero attached hydrogens (tertiary/aromatic N) is 2. The number of esters is 1. The summed E-state index contributed by atoms with van der Waals surface area (Å²) in [5.74, 6) is -0.917. The van der Waals surface area contributed by atoms with Crippen molar-refractivity contribution in [1.29, 1.82) is 0 Å². The molecule has 2 unspecified atom stereocenters. The highest BCUT2D eigenvalue weighted by atomic mass is 32.2. The molecule has 1 N–H and O–H groups in total. The zero-order valence-corrected chi connectivity index (χ0v) is 19.5. The van der Waals surface area contributed by atoms with E-state index in [0.29, 0.717) is 17.7 Å². The summed E-state index contributed by atoms with van der Waals surface area (Å²) < 4.78 is 10.4. The van der Waals surface area contributed by atoms with E-state index in [2.05, 4.69) is 10.4 Å². The highest BCUT2D eigenvalue weighted by Crippen LogP contribution is 2.40. The molecule has 1 aromatic carbocycles. The Hall–Kier alpha value is -2.55. The van der Waals surface area contributed by atoms with E-state index >= 15 is 0 Å². The number of hydrazone groups is 1. The molecule has 0 bridgehead atoms. The van der Waals surface area contributed by atoms with Crippen LogP contribution in [0.4, 0.5) is 0 Å². The molecule has 1 heterocycles. The van der Waals surface area contributed by atoms with Gasteiger partial charge in [0.25, 0.3) is 11.8 Å². The minimum absolute atomic E-state index is 0.205. The molecule has 2 rings (SSSR count). The van der Waals surface area contributed by atoms with E-state index in [0.717, 1.165) is 12.8 Å². The van der Waals surface area contributed by atoms with Crippen LogP contribution in [0.3, 0.4) is 0 Å². The Labute approximate surface area is 187 Å². The standard InChI is InChI=1S/C22H31N3O5S/c1-6-8-13-22(21(28)30-7-2)25(23-14-31-22)20(27)18(15(3)4)24-19(26)16-9-11-17(29-5)12-10-16/h9-12,14-15,18H,6-8,13H2,1-5H3,(H,24,26). The summed E-state index contributed by atoms with van der Waals surface area (Å²) in [6, 6.07) is 5.76. The van der Waals surface area contributed by atoms with E-state index in [1.807, 2.05) is 20.8 Å². The van der Waals surface area contributed by atoms with E-state index in [-0.39, 0.29) is 18.4 Å². The van der Waals surface area contributed by atoms with Crippen LogP contribution in [-0.4, -0.2) is 53.0 Å². The fourth-order valence-electron chi connectivity index (χ4n) is 3.21. The molecule has 170 valence electrons. The predicted octanol–water partition coefficient (Wildman–Crippen LogP) is 3.42. The van der Waals surface area contributed by atoms with E-state index in [1.165, 1.54) is 22.3 Å². The fourth-order valence-corrected chi connectivity index (χ4v) is 4.18. The number of ether oxygens (including phenoxy) is 2. The Bertz CT molecular complexity index is 812. The number of amides is 2. The van der Waals surface area contributed by atoms with Crippen LogP contribution in [0.1, 0.15) is 57.3 Å². The van der Waals surface area contributed by atoms with Crippen molar-refractivity contribution in [3.63, 3.8) is 0 Å². The van der Waals surface area contributed by atoms with E-state index < -0.39 is 22.8 Å². The lowest BCUT2D eigenvalue weighted by Crippen LogP contribution is -2.57. The molecule has 0 spiro atoms. The van der Waals surface area contributed by atoms with E-state index in [1.54, 1.807) is 38.3 Å². The normalized spacial score (nSPS) is 18.7. The number of methoxy groups -OCH3 is 1. The molecule has 0 saturated carbocycles. The molecule has 31 heavy (non-hydrogen) atoms. The molecule has 2 atom stereocenters. The Morgan fingerprint density at radius 3 is 2.42 bits per heavy atom. The van der Waals surface area contributed by atoms with Gasteiger partial charge in [0, 0.05) is 5.56 Å². The van der Waals surface area contributed by atoms with Crippen LogP contribution in [0.25, 0.3) is 0 Å². The molecule has 0 fully saturated rings. The third-order valence-corrected chi connectivity index (χ3v) is 6.13. The van der Waals surface area contributed by atoms with Gasteiger partial charge in [-0.2, -0.15) is 5.10 Å². The third-order valence-electron chi connectivity index (χ3n) is 5.00. The molecule has 0 saturated heterocycles. The average molecular weight is 450 g/mol. The van der Waals surface area contributed by atoms with Crippen molar-refractivity contribution in [2.45, 2.75) is 57.9 Å². The Balaban J connectivity index is 2.27.